The van der Waals surface area contributed by atoms with E-state index in [2.05, 4.69) is 169 Å². The monoisotopic (exact) mass is 1890 g/mol. The van der Waals surface area contributed by atoms with Gasteiger partial charge >= 0.3 is 0 Å². The maximum absolute atomic E-state index is 4.73. The van der Waals surface area contributed by atoms with E-state index < -0.39 is 0 Å². The van der Waals surface area contributed by atoms with Gasteiger partial charge in [0.15, 0.2) is 5.65 Å². The van der Waals surface area contributed by atoms with Crippen molar-refractivity contribution in [3.8, 4) is 61.4 Å². The summed E-state index contributed by atoms with van der Waals surface area (Å²) in [5.41, 5.74) is 10.8. The zero-order valence-electron chi connectivity index (χ0n) is 47.7. The largest absolute Gasteiger partial charge is 0.319 e. The summed E-state index contributed by atoms with van der Waals surface area (Å²) in [6.07, 6.45) is 9.04. The van der Waals surface area contributed by atoms with E-state index in [1.54, 1.807) is 29.9 Å². The van der Waals surface area contributed by atoms with E-state index in [0.29, 0.717) is 0 Å². The predicted octanol–water partition coefficient (Wildman–Crippen LogP) is 19.3. The molecule has 17 rings (SSSR count). The number of para-hydroxylation sites is 1. The first kappa shape index (κ1) is 65.7. The second-order valence-corrected chi connectivity index (χ2v) is 20.7. The first-order valence-corrected chi connectivity index (χ1v) is 28.9. The van der Waals surface area contributed by atoms with Gasteiger partial charge in [-0.1, -0.05) is 194 Å². The number of benzene rings is 10. The number of rotatable bonds is 6. The van der Waals surface area contributed by atoms with E-state index in [4.69, 9.17) is 4.98 Å². The second kappa shape index (κ2) is 32.1. The molecule has 444 valence electrons. The van der Waals surface area contributed by atoms with Gasteiger partial charge in [0.1, 0.15) is 0 Å². The molecule has 0 unspecified atom stereocenters. The van der Waals surface area contributed by atoms with Crippen LogP contribution in [0.5, 0.6) is 0 Å². The van der Waals surface area contributed by atoms with Gasteiger partial charge in [0, 0.05) is 123 Å². The minimum absolute atomic E-state index is 0. The fourth-order valence-corrected chi connectivity index (χ4v) is 11.1. The van der Waals surface area contributed by atoms with Crippen molar-refractivity contribution in [2.75, 3.05) is 0 Å². The summed E-state index contributed by atoms with van der Waals surface area (Å²) in [6, 6.07) is 106. The number of thiophene rings is 1. The SMILES string of the molecule is [Ir].[Ir].[Ir].[Ir].[c-]1c(-c2ccccn2)c2ccccc2c2ccccc12.[c-]1cc2ccc3cccc4ccc(c1-c1ccccn1)c2c34.[c-]1ccccc1-c1ccccn1.[c-]1ccccc1-c1nc2cccnc2n1-c1ccccc1.[c-]1ccsc1-c1ccccn1. The van der Waals surface area contributed by atoms with Gasteiger partial charge in [-0.15, -0.1) is 112 Å². The Labute approximate surface area is 580 Å². The Hall–Kier alpha value is -8.72. The van der Waals surface area contributed by atoms with Crippen molar-refractivity contribution >= 4 is 76.4 Å². The number of hydrogen-bond acceptors (Lipinski definition) is 7. The molecule has 7 heterocycles. The van der Waals surface area contributed by atoms with E-state index >= 15 is 0 Å². The average molecular weight is 1890 g/mol. The summed E-state index contributed by atoms with van der Waals surface area (Å²) in [7, 11) is 0. The van der Waals surface area contributed by atoms with Crippen molar-refractivity contribution in [1.29, 1.82) is 0 Å². The first-order chi connectivity index (χ1) is 42.7. The van der Waals surface area contributed by atoms with Crippen molar-refractivity contribution in [1.82, 2.24) is 34.5 Å². The number of hydrogen-bond donors (Lipinski definition) is 0. The molecule has 17 aromatic rings. The molecule has 0 saturated heterocycles. The average Bonchev–Trinajstić information content (AvgIpc) is 0.921. The Kier molecular flexibility index (Phi) is 23.5. The van der Waals surface area contributed by atoms with Crippen LogP contribution in [0.2, 0.25) is 0 Å². The third-order valence-electron chi connectivity index (χ3n) is 14.4. The number of imidazole rings is 1. The predicted molar refractivity (Wildman–Crippen MR) is 354 cm³/mol. The van der Waals surface area contributed by atoms with Gasteiger partial charge in [0.2, 0.25) is 0 Å². The van der Waals surface area contributed by atoms with Gasteiger partial charge in [0.05, 0.1) is 11.3 Å². The Morgan fingerprint density at radius 3 is 1.53 bits per heavy atom. The van der Waals surface area contributed by atoms with Crippen molar-refractivity contribution in [2.45, 2.75) is 0 Å². The Bertz CT molecular complexity index is 4930. The number of fused-ring (bicyclic) bond motifs is 4. The van der Waals surface area contributed by atoms with Gasteiger partial charge in [-0.05, 0) is 81.8 Å². The molecule has 0 saturated carbocycles. The molecule has 0 bridgehead atoms. The molecule has 0 aliphatic heterocycles. The Morgan fingerprint density at radius 2 is 0.900 bits per heavy atom. The van der Waals surface area contributed by atoms with E-state index in [0.717, 1.165) is 78.0 Å². The quantitative estimate of drug-likeness (QED) is 0.122. The van der Waals surface area contributed by atoms with E-state index in [1.165, 1.54) is 48.5 Å². The smallest absolute Gasteiger partial charge is 0.155 e. The van der Waals surface area contributed by atoms with Crippen LogP contribution in [0.3, 0.4) is 0 Å². The third-order valence-corrected chi connectivity index (χ3v) is 15.2. The zero-order valence-corrected chi connectivity index (χ0v) is 58.1. The van der Waals surface area contributed by atoms with Crippen LogP contribution in [0.1, 0.15) is 0 Å². The van der Waals surface area contributed by atoms with E-state index in [9.17, 15) is 0 Å². The molecule has 10 aromatic carbocycles. The molecule has 4 radical (unpaired) electrons. The molecular formula is C78H50Ir4N7S-5. The molecular weight excluding hydrogens is 1840 g/mol. The van der Waals surface area contributed by atoms with Crippen LogP contribution in [0.4, 0.5) is 0 Å². The Morgan fingerprint density at radius 1 is 0.344 bits per heavy atom. The summed E-state index contributed by atoms with van der Waals surface area (Å²) in [5, 5.41) is 14.5. The molecule has 12 heteroatoms. The molecule has 0 N–H and O–H groups in total. The maximum Gasteiger partial charge on any atom is 0.155 e. The molecule has 7 nitrogen and oxygen atoms in total. The number of pyridine rings is 5. The minimum Gasteiger partial charge on any atom is -0.319 e. The normalized spacial score (nSPS) is 10.3. The molecule has 0 spiro atoms. The van der Waals surface area contributed by atoms with Crippen LogP contribution >= 0.6 is 11.3 Å². The topological polar surface area (TPSA) is 82.3 Å². The van der Waals surface area contributed by atoms with Crippen molar-refractivity contribution in [2.24, 2.45) is 0 Å². The summed E-state index contributed by atoms with van der Waals surface area (Å²) < 4.78 is 2.07. The maximum atomic E-state index is 4.73. The van der Waals surface area contributed by atoms with Crippen LogP contribution in [0.25, 0.3) is 126 Å². The van der Waals surface area contributed by atoms with E-state index in [-0.39, 0.29) is 80.4 Å². The van der Waals surface area contributed by atoms with Gasteiger partial charge in [-0.2, -0.15) is 12.1 Å². The fraction of sp³-hybridized carbons (Fsp3) is 0. The Balaban J connectivity index is 0.000000135. The molecule has 7 aromatic heterocycles. The van der Waals surface area contributed by atoms with Crippen LogP contribution in [-0.2, 0) is 80.4 Å². The summed E-state index contributed by atoms with van der Waals surface area (Å²) in [4.78, 5) is 27.7. The van der Waals surface area contributed by atoms with E-state index in [1.807, 2.05) is 175 Å². The van der Waals surface area contributed by atoms with Gasteiger partial charge in [-0.25, -0.2) is 16.3 Å². The van der Waals surface area contributed by atoms with Crippen LogP contribution in [0.15, 0.2) is 303 Å². The van der Waals surface area contributed by atoms with Crippen LogP contribution < -0.4 is 0 Å². The molecule has 90 heavy (non-hydrogen) atoms. The van der Waals surface area contributed by atoms with Crippen LogP contribution in [0, 0.1) is 30.3 Å². The van der Waals surface area contributed by atoms with Crippen LogP contribution in [-0.4, -0.2) is 34.5 Å². The van der Waals surface area contributed by atoms with Gasteiger partial charge in [-0.3, -0.25) is 9.97 Å². The van der Waals surface area contributed by atoms with Crippen molar-refractivity contribution in [3.63, 3.8) is 0 Å². The molecule has 0 aliphatic rings. The molecule has 0 atom stereocenters. The standard InChI is InChI=1S/C21H12N.C19H12N.C18H12N3.C11H8N.C9H6NS.4Ir/c1-2-13-22-19(6-1)17-11-9-16-8-7-14-4-3-5-15-10-12-18(17)21(16)20(14)15;1-2-8-15-14(7-1)13-18(19-11-5-6-12-20-19)17-10-4-3-9-16(15)17;1-3-8-14(9-4-1)17-20-16-12-7-13-19-18(16)21(17)15-10-5-2-6-11-15;1-2-6-10(7-3-1)11-8-4-5-9-12-11;1-2-6-10-8(4-1)9-5-3-7-11-9;;;;/h1-10,12-13H;1-12H;1-8,10-13H;1-6,8-9H;1-4,6-7H;;;;/q5*-1;;;;. The van der Waals surface area contributed by atoms with Crippen molar-refractivity contribution < 1.29 is 80.4 Å². The third kappa shape index (κ3) is 14.9. The molecule has 0 fully saturated rings. The number of nitrogens with zero attached hydrogens (tertiary/aromatic N) is 7. The number of aromatic nitrogens is 7. The first-order valence-electron chi connectivity index (χ1n) is 28.1. The summed E-state index contributed by atoms with van der Waals surface area (Å²) in [5.74, 6) is 0.857. The summed E-state index contributed by atoms with van der Waals surface area (Å²) in [6.45, 7) is 0. The molecule has 0 amide bonds. The van der Waals surface area contributed by atoms with Gasteiger partial charge < -0.3 is 19.5 Å². The van der Waals surface area contributed by atoms with Crippen molar-refractivity contribution in [3.05, 3.63) is 334 Å². The fourth-order valence-electron chi connectivity index (χ4n) is 10.5. The van der Waals surface area contributed by atoms with Gasteiger partial charge in [0.25, 0.3) is 0 Å². The summed E-state index contributed by atoms with van der Waals surface area (Å²) >= 11 is 1.66. The molecule has 0 aliphatic carbocycles. The second-order valence-electron chi connectivity index (χ2n) is 19.7. The zero-order chi connectivity index (χ0) is 57.7. The minimum atomic E-state index is 0.